The Balaban J connectivity index is 2.72. The number of aliphatic imine (C=N–C) groups is 1. The van der Waals surface area contributed by atoms with E-state index in [1.165, 1.54) is 12.1 Å². The van der Waals surface area contributed by atoms with E-state index in [9.17, 15) is 10.1 Å². The number of hydrogen-bond acceptors (Lipinski definition) is 4. The van der Waals surface area contributed by atoms with Crippen LogP contribution in [0.1, 0.15) is 19.4 Å². The van der Waals surface area contributed by atoms with Gasteiger partial charge in [-0.15, -0.1) is 0 Å². The van der Waals surface area contributed by atoms with Gasteiger partial charge in [0, 0.05) is 31.8 Å². The minimum atomic E-state index is -0.416. The summed E-state index contributed by atoms with van der Waals surface area (Å²) < 4.78 is 5.10. The van der Waals surface area contributed by atoms with E-state index in [-0.39, 0.29) is 11.7 Å². The van der Waals surface area contributed by atoms with Crippen molar-refractivity contribution in [3.05, 3.63) is 52.1 Å². The Morgan fingerprint density at radius 2 is 2.09 bits per heavy atom. The average molecular weight is 320 g/mol. The van der Waals surface area contributed by atoms with Gasteiger partial charge >= 0.3 is 0 Å². The molecule has 0 fully saturated rings. The van der Waals surface area contributed by atoms with Crippen LogP contribution in [-0.2, 0) is 11.3 Å². The van der Waals surface area contributed by atoms with E-state index >= 15 is 0 Å². The molecule has 0 spiro atoms. The lowest BCUT2D eigenvalue weighted by Gasteiger charge is -2.17. The molecule has 1 atom stereocenters. The molecule has 0 bridgehead atoms. The van der Waals surface area contributed by atoms with Gasteiger partial charge in [0.2, 0.25) is 0 Å². The fraction of sp³-hybridized carbons (Fsp3) is 0.438. The molecule has 23 heavy (non-hydrogen) atoms. The van der Waals surface area contributed by atoms with Gasteiger partial charge in [0.1, 0.15) is 0 Å². The van der Waals surface area contributed by atoms with Crippen molar-refractivity contribution in [2.24, 2.45) is 4.99 Å². The molecule has 1 rings (SSSR count). The molecule has 1 aromatic carbocycles. The zero-order chi connectivity index (χ0) is 17.2. The molecular weight excluding hydrogens is 296 g/mol. The number of methoxy groups -OCH3 is 1. The summed E-state index contributed by atoms with van der Waals surface area (Å²) in [6.45, 7) is 9.37. The van der Waals surface area contributed by atoms with Gasteiger partial charge in [-0.3, -0.25) is 10.1 Å². The number of nitro groups is 1. The minimum absolute atomic E-state index is 0.0743. The van der Waals surface area contributed by atoms with Crippen molar-refractivity contribution in [1.82, 2.24) is 10.6 Å². The van der Waals surface area contributed by atoms with Crippen molar-refractivity contribution in [3.63, 3.8) is 0 Å². The van der Waals surface area contributed by atoms with Crippen LogP contribution in [-0.4, -0.2) is 37.2 Å². The molecule has 0 radical (unpaired) electrons. The third-order valence-corrected chi connectivity index (χ3v) is 2.92. The van der Waals surface area contributed by atoms with Crippen molar-refractivity contribution in [2.75, 3.05) is 20.3 Å². The number of non-ortho nitro benzene ring substituents is 1. The standard InChI is InChI=1S/C16H24N4O3/c1-12(2)9-17-16(19-13(3)11-23-4)18-10-14-5-7-15(8-6-14)20(21)22/h5-8,13H,1,9-11H2,2-4H3,(H2,17,18,19). The average Bonchev–Trinajstić information content (AvgIpc) is 2.50. The van der Waals surface area contributed by atoms with E-state index < -0.39 is 4.92 Å². The van der Waals surface area contributed by atoms with Crippen LogP contribution in [0.3, 0.4) is 0 Å². The van der Waals surface area contributed by atoms with Gasteiger partial charge in [-0.1, -0.05) is 24.3 Å². The highest BCUT2D eigenvalue weighted by Gasteiger charge is 2.06. The normalized spacial score (nSPS) is 12.6. The van der Waals surface area contributed by atoms with E-state index in [1.807, 2.05) is 13.8 Å². The highest BCUT2D eigenvalue weighted by atomic mass is 16.6. The summed E-state index contributed by atoms with van der Waals surface area (Å²) in [5, 5.41) is 17.1. The highest BCUT2D eigenvalue weighted by Crippen LogP contribution is 2.12. The smallest absolute Gasteiger partial charge is 0.269 e. The minimum Gasteiger partial charge on any atom is -0.383 e. The maximum Gasteiger partial charge on any atom is 0.269 e. The molecule has 1 aromatic rings. The molecule has 2 N–H and O–H groups in total. The lowest BCUT2D eigenvalue weighted by Crippen LogP contribution is -2.44. The summed E-state index contributed by atoms with van der Waals surface area (Å²) in [7, 11) is 1.65. The molecule has 0 saturated heterocycles. The van der Waals surface area contributed by atoms with Crippen molar-refractivity contribution < 1.29 is 9.66 Å². The lowest BCUT2D eigenvalue weighted by atomic mass is 10.2. The van der Waals surface area contributed by atoms with Crippen LogP contribution < -0.4 is 10.6 Å². The summed E-state index contributed by atoms with van der Waals surface area (Å²) in [6, 6.07) is 6.47. The number of rotatable bonds is 8. The van der Waals surface area contributed by atoms with E-state index in [4.69, 9.17) is 4.74 Å². The van der Waals surface area contributed by atoms with Crippen molar-refractivity contribution in [2.45, 2.75) is 26.4 Å². The molecule has 7 heteroatoms. The first-order valence-electron chi connectivity index (χ1n) is 7.34. The highest BCUT2D eigenvalue weighted by molar-refractivity contribution is 5.80. The van der Waals surface area contributed by atoms with Crippen LogP contribution in [0.15, 0.2) is 41.4 Å². The Morgan fingerprint density at radius 3 is 2.61 bits per heavy atom. The van der Waals surface area contributed by atoms with Crippen LogP contribution in [0.5, 0.6) is 0 Å². The van der Waals surface area contributed by atoms with Crippen molar-refractivity contribution in [1.29, 1.82) is 0 Å². The zero-order valence-electron chi connectivity index (χ0n) is 13.8. The number of guanidine groups is 1. The van der Waals surface area contributed by atoms with Gasteiger partial charge < -0.3 is 15.4 Å². The molecule has 0 aliphatic heterocycles. The van der Waals surface area contributed by atoms with E-state index in [1.54, 1.807) is 19.2 Å². The van der Waals surface area contributed by atoms with Crippen LogP contribution in [0.25, 0.3) is 0 Å². The summed E-state index contributed by atoms with van der Waals surface area (Å²) in [5.74, 6) is 0.649. The topological polar surface area (TPSA) is 88.8 Å². The maximum absolute atomic E-state index is 10.6. The Hall–Kier alpha value is -2.41. The Labute approximate surface area is 136 Å². The molecule has 7 nitrogen and oxygen atoms in total. The quantitative estimate of drug-likeness (QED) is 0.252. The number of nitro benzene ring substituents is 1. The Kier molecular flexibility index (Phi) is 7.76. The van der Waals surface area contributed by atoms with Gasteiger partial charge in [0.25, 0.3) is 5.69 Å². The van der Waals surface area contributed by atoms with Crippen LogP contribution in [0.2, 0.25) is 0 Å². The molecule has 0 amide bonds. The molecule has 0 aromatic heterocycles. The van der Waals surface area contributed by atoms with Gasteiger partial charge in [0.05, 0.1) is 18.1 Å². The number of hydrogen-bond donors (Lipinski definition) is 2. The van der Waals surface area contributed by atoms with Gasteiger partial charge in [-0.05, 0) is 19.4 Å². The van der Waals surface area contributed by atoms with Gasteiger partial charge in [-0.25, -0.2) is 4.99 Å². The summed E-state index contributed by atoms with van der Waals surface area (Å²) in [5.41, 5.74) is 1.96. The zero-order valence-corrected chi connectivity index (χ0v) is 13.8. The Bertz CT molecular complexity index is 555. The first-order valence-corrected chi connectivity index (χ1v) is 7.34. The Morgan fingerprint density at radius 1 is 1.43 bits per heavy atom. The maximum atomic E-state index is 10.6. The number of nitrogens with one attached hydrogen (secondary N) is 2. The summed E-state index contributed by atoms with van der Waals surface area (Å²) in [4.78, 5) is 14.7. The second-order valence-corrected chi connectivity index (χ2v) is 5.40. The third kappa shape index (κ3) is 7.42. The predicted octanol–water partition coefficient (Wildman–Crippen LogP) is 2.24. The fourth-order valence-electron chi connectivity index (χ4n) is 1.81. The molecule has 0 aliphatic carbocycles. The summed E-state index contributed by atoms with van der Waals surface area (Å²) >= 11 is 0. The van der Waals surface area contributed by atoms with Gasteiger partial charge in [-0.2, -0.15) is 0 Å². The largest absolute Gasteiger partial charge is 0.383 e. The van der Waals surface area contributed by atoms with E-state index in [2.05, 4.69) is 22.2 Å². The van der Waals surface area contributed by atoms with E-state index in [0.717, 1.165) is 11.1 Å². The molecule has 1 unspecified atom stereocenters. The fourth-order valence-corrected chi connectivity index (χ4v) is 1.81. The van der Waals surface area contributed by atoms with Gasteiger partial charge in [0.15, 0.2) is 5.96 Å². The first kappa shape index (κ1) is 18.6. The lowest BCUT2D eigenvalue weighted by molar-refractivity contribution is -0.384. The van der Waals surface area contributed by atoms with Crippen molar-refractivity contribution in [3.8, 4) is 0 Å². The monoisotopic (exact) mass is 320 g/mol. The first-order chi connectivity index (χ1) is 10.9. The molecule has 0 aliphatic rings. The van der Waals surface area contributed by atoms with Crippen molar-refractivity contribution >= 4 is 11.6 Å². The molecular formula is C16H24N4O3. The second kappa shape index (κ2) is 9.58. The van der Waals surface area contributed by atoms with Crippen LogP contribution in [0, 0.1) is 10.1 Å². The predicted molar refractivity (Wildman–Crippen MR) is 91.5 cm³/mol. The molecule has 126 valence electrons. The van der Waals surface area contributed by atoms with Crippen LogP contribution >= 0.6 is 0 Å². The van der Waals surface area contributed by atoms with Crippen LogP contribution in [0.4, 0.5) is 5.69 Å². The van der Waals surface area contributed by atoms with E-state index in [0.29, 0.717) is 25.7 Å². The number of nitrogens with zero attached hydrogens (tertiary/aromatic N) is 2. The second-order valence-electron chi connectivity index (χ2n) is 5.40. The number of ether oxygens (including phenoxy) is 1. The SMILES string of the molecule is C=C(C)CNC(=NCc1ccc([N+](=O)[O-])cc1)NC(C)COC. The third-order valence-electron chi connectivity index (χ3n) is 2.92. The molecule has 0 heterocycles. The summed E-state index contributed by atoms with van der Waals surface area (Å²) in [6.07, 6.45) is 0. The molecule has 0 saturated carbocycles. The number of benzene rings is 1.